The van der Waals surface area contributed by atoms with Crippen LogP contribution in [0, 0.1) is 0 Å². The van der Waals surface area contributed by atoms with Crippen LogP contribution in [0.3, 0.4) is 0 Å². The third-order valence-corrected chi connectivity index (χ3v) is 3.43. The van der Waals surface area contributed by atoms with Crippen LogP contribution in [0.1, 0.15) is 37.3 Å². The van der Waals surface area contributed by atoms with Gasteiger partial charge in [-0.05, 0) is 18.6 Å². The second-order valence-electron chi connectivity index (χ2n) is 4.97. The molecule has 0 spiro atoms. The standard InChI is InChI=1S/C15H18N4O2/c1-2-3-8-13-17-15(21-18-13)9-19-12-7-5-4-6-11(12)16-14(19)10-20/h4-7,20H,2-3,8-10H2,1H3. The Balaban J connectivity index is 1.88. The van der Waals surface area contributed by atoms with Crippen LogP contribution in [0.2, 0.25) is 0 Å². The molecule has 0 aliphatic rings. The van der Waals surface area contributed by atoms with Crippen molar-refractivity contribution in [3.63, 3.8) is 0 Å². The number of nitrogens with zero attached hydrogens (tertiary/aromatic N) is 4. The van der Waals surface area contributed by atoms with Gasteiger partial charge in [0.2, 0.25) is 5.89 Å². The maximum absolute atomic E-state index is 9.47. The molecular weight excluding hydrogens is 268 g/mol. The van der Waals surface area contributed by atoms with Crippen LogP contribution in [-0.2, 0) is 19.6 Å². The minimum Gasteiger partial charge on any atom is -0.388 e. The maximum atomic E-state index is 9.47. The summed E-state index contributed by atoms with van der Waals surface area (Å²) < 4.78 is 7.20. The third kappa shape index (κ3) is 2.80. The van der Waals surface area contributed by atoms with Gasteiger partial charge in [-0.25, -0.2) is 4.98 Å². The van der Waals surface area contributed by atoms with E-state index in [0.29, 0.717) is 18.3 Å². The van der Waals surface area contributed by atoms with Crippen LogP contribution in [-0.4, -0.2) is 24.8 Å². The van der Waals surface area contributed by atoms with Gasteiger partial charge >= 0.3 is 0 Å². The van der Waals surface area contributed by atoms with Crippen molar-refractivity contribution in [1.82, 2.24) is 19.7 Å². The normalized spacial score (nSPS) is 11.3. The van der Waals surface area contributed by atoms with Crippen LogP contribution in [0.4, 0.5) is 0 Å². The Bertz CT molecular complexity index is 732. The Morgan fingerprint density at radius 3 is 2.90 bits per heavy atom. The molecule has 0 aliphatic carbocycles. The van der Waals surface area contributed by atoms with E-state index in [0.717, 1.165) is 36.1 Å². The number of para-hydroxylation sites is 2. The molecule has 0 atom stereocenters. The highest BCUT2D eigenvalue weighted by atomic mass is 16.5. The molecule has 0 radical (unpaired) electrons. The van der Waals surface area contributed by atoms with Crippen LogP contribution >= 0.6 is 0 Å². The summed E-state index contributed by atoms with van der Waals surface area (Å²) >= 11 is 0. The quantitative estimate of drug-likeness (QED) is 0.752. The van der Waals surface area contributed by atoms with Crippen molar-refractivity contribution in [2.75, 3.05) is 0 Å². The zero-order chi connectivity index (χ0) is 14.7. The summed E-state index contributed by atoms with van der Waals surface area (Å²) in [5, 5.41) is 13.5. The minimum absolute atomic E-state index is 0.120. The summed E-state index contributed by atoms with van der Waals surface area (Å²) in [7, 11) is 0. The number of aliphatic hydroxyl groups is 1. The fourth-order valence-corrected chi connectivity index (χ4v) is 2.35. The van der Waals surface area contributed by atoms with Crippen molar-refractivity contribution < 1.29 is 9.63 Å². The Morgan fingerprint density at radius 1 is 1.24 bits per heavy atom. The Hall–Kier alpha value is -2.21. The second kappa shape index (κ2) is 6.05. The smallest absolute Gasteiger partial charge is 0.246 e. The highest BCUT2D eigenvalue weighted by Crippen LogP contribution is 2.17. The molecule has 1 aromatic carbocycles. The first-order valence-electron chi connectivity index (χ1n) is 7.18. The Labute approximate surface area is 122 Å². The molecule has 6 nitrogen and oxygen atoms in total. The van der Waals surface area contributed by atoms with E-state index in [4.69, 9.17) is 4.52 Å². The first-order valence-corrected chi connectivity index (χ1v) is 7.18. The van der Waals surface area contributed by atoms with Gasteiger partial charge in [0.1, 0.15) is 19.0 Å². The maximum Gasteiger partial charge on any atom is 0.246 e. The van der Waals surface area contributed by atoms with E-state index < -0.39 is 0 Å². The second-order valence-corrected chi connectivity index (χ2v) is 4.97. The fraction of sp³-hybridized carbons (Fsp3) is 0.400. The molecule has 0 saturated carbocycles. The van der Waals surface area contributed by atoms with E-state index in [9.17, 15) is 5.11 Å². The molecule has 0 saturated heterocycles. The molecule has 2 aromatic heterocycles. The number of aliphatic hydroxyl groups excluding tert-OH is 1. The van der Waals surface area contributed by atoms with E-state index in [-0.39, 0.29) is 6.61 Å². The van der Waals surface area contributed by atoms with Crippen LogP contribution < -0.4 is 0 Å². The lowest BCUT2D eigenvalue weighted by atomic mass is 10.2. The fourth-order valence-electron chi connectivity index (χ4n) is 2.35. The topological polar surface area (TPSA) is 77.0 Å². The number of hydrogen-bond donors (Lipinski definition) is 1. The summed E-state index contributed by atoms with van der Waals surface area (Å²) in [5.74, 6) is 1.88. The van der Waals surface area contributed by atoms with Gasteiger partial charge < -0.3 is 14.2 Å². The average Bonchev–Trinajstić information content (AvgIpc) is 3.10. The molecule has 0 fully saturated rings. The highest BCUT2D eigenvalue weighted by molar-refractivity contribution is 5.75. The summed E-state index contributed by atoms with van der Waals surface area (Å²) in [5.41, 5.74) is 1.81. The van der Waals surface area contributed by atoms with Gasteiger partial charge in [-0.2, -0.15) is 4.98 Å². The van der Waals surface area contributed by atoms with E-state index in [1.54, 1.807) is 0 Å². The van der Waals surface area contributed by atoms with Gasteiger partial charge in [-0.1, -0.05) is 30.6 Å². The van der Waals surface area contributed by atoms with Crippen LogP contribution in [0.5, 0.6) is 0 Å². The molecule has 0 aliphatic heterocycles. The number of benzene rings is 1. The molecule has 0 bridgehead atoms. The number of aromatic nitrogens is 4. The number of fused-ring (bicyclic) bond motifs is 1. The molecule has 3 rings (SSSR count). The van der Waals surface area contributed by atoms with E-state index in [2.05, 4.69) is 22.0 Å². The van der Waals surface area contributed by atoms with Gasteiger partial charge in [0, 0.05) is 6.42 Å². The van der Waals surface area contributed by atoms with E-state index in [1.807, 2.05) is 28.8 Å². The molecule has 3 aromatic rings. The predicted octanol–water partition coefficient (Wildman–Crippen LogP) is 2.30. The zero-order valence-electron chi connectivity index (χ0n) is 12.0. The van der Waals surface area contributed by atoms with Crippen LogP contribution in [0.15, 0.2) is 28.8 Å². The van der Waals surface area contributed by atoms with Crippen molar-refractivity contribution in [2.45, 2.75) is 39.3 Å². The summed E-state index contributed by atoms with van der Waals surface area (Å²) in [6, 6.07) is 7.76. The summed E-state index contributed by atoms with van der Waals surface area (Å²) in [4.78, 5) is 8.80. The molecule has 6 heteroatoms. The molecular formula is C15H18N4O2. The number of rotatable bonds is 6. The Morgan fingerprint density at radius 2 is 2.10 bits per heavy atom. The zero-order valence-corrected chi connectivity index (χ0v) is 12.0. The minimum atomic E-state index is -0.120. The van der Waals surface area contributed by atoms with Crippen molar-refractivity contribution >= 4 is 11.0 Å². The lowest BCUT2D eigenvalue weighted by Gasteiger charge is -2.03. The largest absolute Gasteiger partial charge is 0.388 e. The molecule has 110 valence electrons. The number of aryl methyl sites for hydroxylation is 1. The van der Waals surface area contributed by atoms with Gasteiger partial charge in [0.05, 0.1) is 11.0 Å². The van der Waals surface area contributed by atoms with E-state index >= 15 is 0 Å². The molecule has 0 unspecified atom stereocenters. The first-order chi connectivity index (χ1) is 10.3. The average molecular weight is 286 g/mol. The lowest BCUT2D eigenvalue weighted by molar-refractivity contribution is 0.264. The summed E-state index contributed by atoms with van der Waals surface area (Å²) in [6.45, 7) is 2.44. The highest BCUT2D eigenvalue weighted by Gasteiger charge is 2.13. The van der Waals surface area contributed by atoms with Gasteiger partial charge in [-0.15, -0.1) is 0 Å². The first kappa shape index (κ1) is 13.8. The number of unbranched alkanes of at least 4 members (excludes halogenated alkanes) is 1. The number of imidazole rings is 1. The lowest BCUT2D eigenvalue weighted by Crippen LogP contribution is -2.05. The SMILES string of the molecule is CCCCc1noc(Cn2c(CO)nc3ccccc32)n1. The number of hydrogen-bond acceptors (Lipinski definition) is 5. The monoisotopic (exact) mass is 286 g/mol. The van der Waals surface area contributed by atoms with Gasteiger partial charge in [-0.3, -0.25) is 0 Å². The molecule has 1 N–H and O–H groups in total. The van der Waals surface area contributed by atoms with Crippen molar-refractivity contribution in [3.05, 3.63) is 41.8 Å². The summed E-state index contributed by atoms with van der Waals surface area (Å²) in [6.07, 6.45) is 2.98. The molecule has 21 heavy (non-hydrogen) atoms. The molecule has 2 heterocycles. The predicted molar refractivity (Wildman–Crippen MR) is 77.7 cm³/mol. The third-order valence-electron chi connectivity index (χ3n) is 3.43. The van der Waals surface area contributed by atoms with Gasteiger partial charge in [0.15, 0.2) is 5.82 Å². The van der Waals surface area contributed by atoms with Gasteiger partial charge in [0.25, 0.3) is 0 Å². The van der Waals surface area contributed by atoms with Crippen molar-refractivity contribution in [2.24, 2.45) is 0 Å². The molecule has 0 amide bonds. The van der Waals surface area contributed by atoms with Crippen LogP contribution in [0.25, 0.3) is 11.0 Å². The Kier molecular flexibility index (Phi) is 3.96. The van der Waals surface area contributed by atoms with E-state index in [1.165, 1.54) is 0 Å². The van der Waals surface area contributed by atoms with Crippen molar-refractivity contribution in [3.8, 4) is 0 Å². The van der Waals surface area contributed by atoms with Crippen molar-refractivity contribution in [1.29, 1.82) is 0 Å².